The number of piperidine rings is 1. The van der Waals surface area contributed by atoms with Gasteiger partial charge in [-0.1, -0.05) is 0 Å². The second kappa shape index (κ2) is 1.71. The average Bonchev–Trinajstić information content (AvgIpc) is 2.39. The minimum Gasteiger partial charge on any atom is -0.316 e. The van der Waals surface area contributed by atoms with Gasteiger partial charge in [-0.2, -0.15) is 5.26 Å². The molecule has 0 spiro atoms. The fraction of sp³-hybridized carbons (Fsp3) is 0.857. The van der Waals surface area contributed by atoms with Crippen molar-refractivity contribution in [1.82, 2.24) is 5.32 Å². The maximum atomic E-state index is 8.36. The van der Waals surface area contributed by atoms with Crippen LogP contribution in [0.3, 0.4) is 0 Å². The first-order valence-corrected chi connectivity index (χ1v) is 3.51. The highest BCUT2D eigenvalue weighted by Gasteiger charge is 2.52. The zero-order valence-electron chi connectivity index (χ0n) is 5.30. The van der Waals surface area contributed by atoms with Crippen molar-refractivity contribution < 1.29 is 0 Å². The number of hydrogen-bond acceptors (Lipinski definition) is 2. The second-order valence-corrected chi connectivity index (χ2v) is 3.01. The van der Waals surface area contributed by atoms with Crippen LogP contribution in [0.25, 0.3) is 0 Å². The number of nitrogens with one attached hydrogen (secondary N) is 1. The number of hydrogen-bond donors (Lipinski definition) is 1. The van der Waals surface area contributed by atoms with Crippen LogP contribution in [0, 0.1) is 29.1 Å². The summed E-state index contributed by atoms with van der Waals surface area (Å²) in [5.74, 6) is 2.49. The van der Waals surface area contributed by atoms with Crippen molar-refractivity contribution >= 4 is 0 Å². The third-order valence-corrected chi connectivity index (χ3v) is 2.60. The zero-order chi connectivity index (χ0) is 6.27. The summed E-state index contributed by atoms with van der Waals surface area (Å²) in [5, 5.41) is 11.7. The summed E-state index contributed by atoms with van der Waals surface area (Å²) in [5.41, 5.74) is 0. The van der Waals surface area contributed by atoms with E-state index < -0.39 is 0 Å². The first kappa shape index (κ1) is 5.25. The van der Waals surface area contributed by atoms with Gasteiger partial charge >= 0.3 is 0 Å². The first-order valence-electron chi connectivity index (χ1n) is 3.51. The Bertz CT molecular complexity index is 149. The normalized spacial score (nSPS) is 45.9. The summed E-state index contributed by atoms with van der Waals surface area (Å²) in [6.45, 7) is 2.33. The molecular weight excluding hydrogens is 112 g/mol. The molecule has 0 radical (unpaired) electrons. The van der Waals surface area contributed by atoms with E-state index in [1.54, 1.807) is 0 Å². The van der Waals surface area contributed by atoms with Gasteiger partial charge in [-0.3, -0.25) is 0 Å². The van der Waals surface area contributed by atoms with Gasteiger partial charge in [0.25, 0.3) is 0 Å². The number of rotatable bonds is 1. The van der Waals surface area contributed by atoms with Crippen LogP contribution in [0.15, 0.2) is 0 Å². The van der Waals surface area contributed by atoms with E-state index in [2.05, 4.69) is 11.4 Å². The quantitative estimate of drug-likeness (QED) is 0.545. The summed E-state index contributed by atoms with van der Waals surface area (Å²) >= 11 is 0. The number of fused-ring (bicyclic) bond motifs is 1. The molecule has 48 valence electrons. The van der Waals surface area contributed by atoms with Crippen LogP contribution < -0.4 is 5.32 Å². The molecular formula is C7H10N2. The molecule has 0 aromatic heterocycles. The predicted octanol–water partition coefficient (Wildman–Crippen LogP) is 0.365. The van der Waals surface area contributed by atoms with Crippen LogP contribution in [0.2, 0.25) is 0 Å². The minimum atomic E-state index is 0.760. The van der Waals surface area contributed by atoms with Crippen LogP contribution in [-0.2, 0) is 0 Å². The lowest BCUT2D eigenvalue weighted by Gasteiger charge is -1.96. The van der Waals surface area contributed by atoms with Gasteiger partial charge in [0.15, 0.2) is 0 Å². The van der Waals surface area contributed by atoms with Crippen molar-refractivity contribution in [3.8, 4) is 6.07 Å². The lowest BCUT2D eigenvalue weighted by atomic mass is 10.2. The van der Waals surface area contributed by atoms with Crippen LogP contribution >= 0.6 is 0 Å². The van der Waals surface area contributed by atoms with E-state index in [-0.39, 0.29) is 0 Å². The molecule has 1 aliphatic heterocycles. The molecule has 1 heterocycles. The Morgan fingerprint density at radius 3 is 2.67 bits per heavy atom. The van der Waals surface area contributed by atoms with Gasteiger partial charge in [-0.05, 0) is 30.8 Å². The molecule has 0 aromatic rings. The van der Waals surface area contributed by atoms with E-state index in [1.807, 2.05) is 0 Å². The summed E-state index contributed by atoms with van der Waals surface area (Å²) in [6, 6.07) is 2.23. The van der Waals surface area contributed by atoms with Crippen LogP contribution in [0.1, 0.15) is 6.42 Å². The molecule has 2 heteroatoms. The monoisotopic (exact) mass is 122 g/mol. The molecule has 2 fully saturated rings. The van der Waals surface area contributed by atoms with Crippen molar-refractivity contribution in [1.29, 1.82) is 5.26 Å². The van der Waals surface area contributed by atoms with Crippen molar-refractivity contribution in [2.75, 3.05) is 13.1 Å². The average molecular weight is 122 g/mol. The van der Waals surface area contributed by atoms with Crippen LogP contribution in [-0.4, -0.2) is 13.1 Å². The van der Waals surface area contributed by atoms with Gasteiger partial charge in [-0.25, -0.2) is 0 Å². The Morgan fingerprint density at radius 1 is 1.44 bits per heavy atom. The van der Waals surface area contributed by atoms with Gasteiger partial charge in [0.2, 0.25) is 0 Å². The SMILES string of the molecule is N#CCC1[C@@H]2CNC[C@@H]12. The van der Waals surface area contributed by atoms with Gasteiger partial charge in [-0.15, -0.1) is 0 Å². The highest BCUT2D eigenvalue weighted by Crippen LogP contribution is 2.50. The van der Waals surface area contributed by atoms with E-state index >= 15 is 0 Å². The Morgan fingerprint density at radius 2 is 2.11 bits per heavy atom. The molecule has 1 saturated heterocycles. The van der Waals surface area contributed by atoms with Crippen molar-refractivity contribution in [3.05, 3.63) is 0 Å². The van der Waals surface area contributed by atoms with E-state index in [0.717, 1.165) is 37.3 Å². The highest BCUT2D eigenvalue weighted by atomic mass is 15.0. The Labute approximate surface area is 54.9 Å². The van der Waals surface area contributed by atoms with Crippen molar-refractivity contribution in [3.63, 3.8) is 0 Å². The summed E-state index contributed by atoms with van der Waals surface area (Å²) in [4.78, 5) is 0. The van der Waals surface area contributed by atoms with E-state index in [9.17, 15) is 0 Å². The standard InChI is InChI=1S/C7H10N2/c8-2-1-5-6-3-9-4-7(5)6/h5-7,9H,1,3-4H2/t6-,7-/m0/s1. The smallest absolute Gasteiger partial charge is 0.0624 e. The molecule has 1 aliphatic carbocycles. The summed E-state index contributed by atoms with van der Waals surface area (Å²) in [7, 11) is 0. The van der Waals surface area contributed by atoms with E-state index in [0.29, 0.717) is 0 Å². The first-order chi connectivity index (χ1) is 4.43. The van der Waals surface area contributed by atoms with Crippen LogP contribution in [0.5, 0.6) is 0 Å². The largest absolute Gasteiger partial charge is 0.316 e. The fourth-order valence-corrected chi connectivity index (χ4v) is 1.95. The third kappa shape index (κ3) is 0.650. The highest BCUT2D eigenvalue weighted by molar-refractivity contribution is 5.06. The second-order valence-electron chi connectivity index (χ2n) is 3.01. The van der Waals surface area contributed by atoms with Gasteiger partial charge < -0.3 is 5.32 Å². The van der Waals surface area contributed by atoms with Gasteiger partial charge in [0.1, 0.15) is 0 Å². The molecule has 1 N–H and O–H groups in total. The molecule has 2 nitrogen and oxygen atoms in total. The minimum absolute atomic E-state index is 0.760. The molecule has 9 heavy (non-hydrogen) atoms. The zero-order valence-corrected chi connectivity index (χ0v) is 5.30. The molecule has 0 unspecified atom stereocenters. The predicted molar refractivity (Wildman–Crippen MR) is 33.6 cm³/mol. The summed E-state index contributed by atoms with van der Waals surface area (Å²) < 4.78 is 0. The van der Waals surface area contributed by atoms with E-state index in [4.69, 9.17) is 5.26 Å². The Balaban J connectivity index is 1.89. The number of nitriles is 1. The Hall–Kier alpha value is -0.550. The Kier molecular flexibility index (Phi) is 1.000. The lowest BCUT2D eigenvalue weighted by molar-refractivity contribution is 0.606. The maximum Gasteiger partial charge on any atom is 0.0624 e. The molecule has 0 aromatic carbocycles. The van der Waals surface area contributed by atoms with Crippen molar-refractivity contribution in [2.45, 2.75) is 6.42 Å². The fourth-order valence-electron chi connectivity index (χ4n) is 1.95. The van der Waals surface area contributed by atoms with Gasteiger partial charge in [0, 0.05) is 6.42 Å². The van der Waals surface area contributed by atoms with Crippen LogP contribution in [0.4, 0.5) is 0 Å². The molecule has 0 bridgehead atoms. The molecule has 2 atom stereocenters. The molecule has 2 rings (SSSR count). The number of nitrogens with zero attached hydrogens (tertiary/aromatic N) is 1. The molecule has 0 amide bonds. The van der Waals surface area contributed by atoms with Crippen molar-refractivity contribution in [2.24, 2.45) is 17.8 Å². The lowest BCUT2D eigenvalue weighted by Crippen LogP contribution is -2.14. The van der Waals surface area contributed by atoms with Gasteiger partial charge in [0.05, 0.1) is 6.07 Å². The molecule has 2 aliphatic rings. The topological polar surface area (TPSA) is 35.8 Å². The maximum absolute atomic E-state index is 8.36. The third-order valence-electron chi connectivity index (χ3n) is 2.60. The summed E-state index contributed by atoms with van der Waals surface area (Å²) in [6.07, 6.45) is 0.789. The molecule has 1 saturated carbocycles. The van der Waals surface area contributed by atoms with E-state index in [1.165, 1.54) is 0 Å².